The fourth-order valence-corrected chi connectivity index (χ4v) is 3.75. The number of amides is 1. The summed E-state index contributed by atoms with van der Waals surface area (Å²) in [6, 6.07) is 16.3. The fourth-order valence-electron chi connectivity index (χ4n) is 3.62. The van der Waals surface area contributed by atoms with Crippen LogP contribution in [0, 0.1) is 0 Å². The molecule has 0 saturated carbocycles. The maximum absolute atomic E-state index is 12.6. The third kappa shape index (κ3) is 3.42. The van der Waals surface area contributed by atoms with Crippen molar-refractivity contribution in [3.05, 3.63) is 70.9 Å². The molecule has 0 aliphatic carbocycles. The molecule has 4 rings (SSSR count). The van der Waals surface area contributed by atoms with Gasteiger partial charge in [0.2, 0.25) is 5.91 Å². The number of carbonyl (C=O) groups is 1. The summed E-state index contributed by atoms with van der Waals surface area (Å²) in [7, 11) is 0. The number of halogens is 1. The lowest BCUT2D eigenvalue weighted by molar-refractivity contribution is -0.129. The van der Waals surface area contributed by atoms with Crippen molar-refractivity contribution in [3.8, 4) is 0 Å². The molecule has 1 amide bonds. The second-order valence-corrected chi connectivity index (χ2v) is 7.13. The molecule has 3 aromatic rings. The molecule has 1 fully saturated rings. The Bertz CT molecular complexity index is 892. The van der Waals surface area contributed by atoms with Gasteiger partial charge in [-0.05, 0) is 42.2 Å². The smallest absolute Gasteiger partial charge is 0.227 e. The van der Waals surface area contributed by atoms with Gasteiger partial charge in [-0.3, -0.25) is 4.79 Å². The van der Waals surface area contributed by atoms with Crippen molar-refractivity contribution in [1.82, 2.24) is 9.47 Å². The Morgan fingerprint density at radius 1 is 1.00 bits per heavy atom. The first-order chi connectivity index (χ1) is 12.2. The number of likely N-dealkylation sites (tertiary alicyclic amines) is 1. The number of hydrogen-bond acceptors (Lipinski definition) is 1. The Labute approximate surface area is 152 Å². The normalized spacial score (nSPS) is 14.4. The first kappa shape index (κ1) is 16.2. The minimum atomic E-state index is 0.242. The van der Waals surface area contributed by atoms with E-state index in [9.17, 15) is 4.79 Å². The molecule has 1 aliphatic rings. The topological polar surface area (TPSA) is 25.2 Å². The van der Waals surface area contributed by atoms with Gasteiger partial charge < -0.3 is 9.47 Å². The first-order valence-corrected chi connectivity index (χ1v) is 9.17. The van der Waals surface area contributed by atoms with Gasteiger partial charge in [0.1, 0.15) is 0 Å². The quantitative estimate of drug-likeness (QED) is 0.678. The molecule has 0 N–H and O–H groups in total. The van der Waals surface area contributed by atoms with Crippen LogP contribution >= 0.6 is 11.6 Å². The zero-order valence-electron chi connectivity index (χ0n) is 14.1. The van der Waals surface area contributed by atoms with Crippen LogP contribution in [0.5, 0.6) is 0 Å². The van der Waals surface area contributed by atoms with Crippen LogP contribution in [0.3, 0.4) is 0 Å². The molecule has 1 aromatic heterocycles. The monoisotopic (exact) mass is 352 g/mol. The van der Waals surface area contributed by atoms with Crippen molar-refractivity contribution < 1.29 is 4.79 Å². The number of fused-ring (bicyclic) bond motifs is 1. The summed E-state index contributed by atoms with van der Waals surface area (Å²) in [6.45, 7) is 2.58. The molecule has 0 radical (unpaired) electrons. The van der Waals surface area contributed by atoms with E-state index in [2.05, 4.69) is 22.9 Å². The minimum Gasteiger partial charge on any atom is -0.343 e. The third-order valence-electron chi connectivity index (χ3n) is 4.94. The SMILES string of the molecule is O=C(Cc1cn(Cc2ccc(Cl)cc2)c2ccccc12)N1CCCC1. The highest BCUT2D eigenvalue weighted by atomic mass is 35.5. The molecule has 128 valence electrons. The van der Waals surface area contributed by atoms with Gasteiger partial charge in [-0.15, -0.1) is 0 Å². The summed E-state index contributed by atoms with van der Waals surface area (Å²) in [5, 5.41) is 1.92. The Kier molecular flexibility index (Phi) is 4.50. The number of hydrogen-bond donors (Lipinski definition) is 0. The highest BCUT2D eigenvalue weighted by Gasteiger charge is 2.20. The lowest BCUT2D eigenvalue weighted by atomic mass is 10.1. The fraction of sp³-hybridized carbons (Fsp3) is 0.286. The van der Waals surface area contributed by atoms with E-state index in [1.807, 2.05) is 41.3 Å². The van der Waals surface area contributed by atoms with Crippen molar-refractivity contribution in [3.63, 3.8) is 0 Å². The summed E-state index contributed by atoms with van der Waals surface area (Å²) >= 11 is 5.98. The van der Waals surface area contributed by atoms with Crippen LogP contribution in [0.4, 0.5) is 0 Å². The van der Waals surface area contributed by atoms with Gasteiger partial charge >= 0.3 is 0 Å². The van der Waals surface area contributed by atoms with Crippen LogP contribution in [-0.4, -0.2) is 28.5 Å². The summed E-state index contributed by atoms with van der Waals surface area (Å²) in [6.07, 6.45) is 4.87. The summed E-state index contributed by atoms with van der Waals surface area (Å²) in [5.74, 6) is 0.242. The Hall–Kier alpha value is -2.26. The lowest BCUT2D eigenvalue weighted by Crippen LogP contribution is -2.28. The number of benzene rings is 2. The number of nitrogens with zero attached hydrogens (tertiary/aromatic N) is 2. The predicted octanol–water partition coefficient (Wildman–Crippen LogP) is 4.51. The Morgan fingerprint density at radius 3 is 2.48 bits per heavy atom. The molecular weight excluding hydrogens is 332 g/mol. The Morgan fingerprint density at radius 2 is 1.72 bits per heavy atom. The molecule has 3 nitrogen and oxygen atoms in total. The lowest BCUT2D eigenvalue weighted by Gasteiger charge is -2.14. The second-order valence-electron chi connectivity index (χ2n) is 6.69. The maximum Gasteiger partial charge on any atom is 0.227 e. The molecule has 25 heavy (non-hydrogen) atoms. The second kappa shape index (κ2) is 6.93. The molecule has 0 atom stereocenters. The molecule has 1 saturated heterocycles. The molecule has 4 heteroatoms. The molecular formula is C21H21ClN2O. The third-order valence-corrected chi connectivity index (χ3v) is 5.19. The predicted molar refractivity (Wildman–Crippen MR) is 102 cm³/mol. The zero-order chi connectivity index (χ0) is 17.2. The average molecular weight is 353 g/mol. The Balaban J connectivity index is 1.63. The first-order valence-electron chi connectivity index (χ1n) is 8.80. The maximum atomic E-state index is 12.6. The van der Waals surface area contributed by atoms with Gasteiger partial charge in [0, 0.05) is 41.8 Å². The minimum absolute atomic E-state index is 0.242. The molecule has 0 spiro atoms. The van der Waals surface area contributed by atoms with Crippen LogP contribution in [-0.2, 0) is 17.8 Å². The number of para-hydroxylation sites is 1. The van der Waals surface area contributed by atoms with E-state index in [1.54, 1.807) is 0 Å². The van der Waals surface area contributed by atoms with Crippen LogP contribution < -0.4 is 0 Å². The summed E-state index contributed by atoms with van der Waals surface area (Å²) in [5.41, 5.74) is 3.48. The highest BCUT2D eigenvalue weighted by molar-refractivity contribution is 6.30. The van der Waals surface area contributed by atoms with E-state index in [-0.39, 0.29) is 5.91 Å². The standard InChI is InChI=1S/C21H21ClN2O/c22-18-9-7-16(8-10-18)14-24-15-17(19-5-1-2-6-20(19)24)13-21(25)23-11-3-4-12-23/h1-2,5-10,15H,3-4,11-14H2. The van der Waals surface area contributed by atoms with Crippen molar-refractivity contribution in [2.24, 2.45) is 0 Å². The van der Waals surface area contributed by atoms with Crippen LogP contribution in [0.1, 0.15) is 24.0 Å². The van der Waals surface area contributed by atoms with Gasteiger partial charge in [-0.2, -0.15) is 0 Å². The van der Waals surface area contributed by atoms with E-state index in [1.165, 1.54) is 16.5 Å². The van der Waals surface area contributed by atoms with E-state index < -0.39 is 0 Å². The van der Waals surface area contributed by atoms with Crippen molar-refractivity contribution in [1.29, 1.82) is 0 Å². The van der Waals surface area contributed by atoms with Crippen LogP contribution in [0.25, 0.3) is 10.9 Å². The van der Waals surface area contributed by atoms with Gasteiger partial charge in [-0.1, -0.05) is 41.9 Å². The zero-order valence-corrected chi connectivity index (χ0v) is 14.9. The van der Waals surface area contributed by atoms with Crippen molar-refractivity contribution in [2.45, 2.75) is 25.8 Å². The van der Waals surface area contributed by atoms with E-state index >= 15 is 0 Å². The number of carbonyl (C=O) groups excluding carboxylic acids is 1. The number of rotatable bonds is 4. The largest absolute Gasteiger partial charge is 0.343 e. The van der Waals surface area contributed by atoms with Crippen molar-refractivity contribution in [2.75, 3.05) is 13.1 Å². The van der Waals surface area contributed by atoms with E-state index in [4.69, 9.17) is 11.6 Å². The molecule has 0 unspecified atom stereocenters. The van der Waals surface area contributed by atoms with Gasteiger partial charge in [0.25, 0.3) is 0 Å². The van der Waals surface area contributed by atoms with Gasteiger partial charge in [-0.25, -0.2) is 0 Å². The van der Waals surface area contributed by atoms with E-state index in [0.717, 1.165) is 43.1 Å². The highest BCUT2D eigenvalue weighted by Crippen LogP contribution is 2.24. The molecule has 0 bridgehead atoms. The van der Waals surface area contributed by atoms with Crippen LogP contribution in [0.2, 0.25) is 5.02 Å². The van der Waals surface area contributed by atoms with Gasteiger partial charge in [0.05, 0.1) is 6.42 Å². The van der Waals surface area contributed by atoms with E-state index in [0.29, 0.717) is 6.42 Å². The summed E-state index contributed by atoms with van der Waals surface area (Å²) < 4.78 is 2.23. The van der Waals surface area contributed by atoms with Gasteiger partial charge in [0.15, 0.2) is 0 Å². The molecule has 2 aromatic carbocycles. The average Bonchev–Trinajstić information content (AvgIpc) is 3.27. The van der Waals surface area contributed by atoms with Crippen molar-refractivity contribution >= 4 is 28.4 Å². The number of aromatic nitrogens is 1. The molecule has 1 aliphatic heterocycles. The molecule has 2 heterocycles. The summed E-state index contributed by atoms with van der Waals surface area (Å²) in [4.78, 5) is 14.6. The van der Waals surface area contributed by atoms with Crippen LogP contribution in [0.15, 0.2) is 54.7 Å².